The van der Waals surface area contributed by atoms with Crippen LogP contribution in [0.1, 0.15) is 52.6 Å². The second-order valence-electron chi connectivity index (χ2n) is 14.6. The molecule has 0 N–H and O–H groups in total. The highest BCUT2D eigenvalue weighted by Crippen LogP contribution is 2.28. The van der Waals surface area contributed by atoms with Gasteiger partial charge in [0.2, 0.25) is 11.8 Å². The second kappa shape index (κ2) is 20.3. The van der Waals surface area contributed by atoms with Crippen LogP contribution in [0, 0.1) is 0 Å². The SMILES string of the molecule is O=C([C@H](Cc1ccccc1)N1C(=O)c2ccccc2C1=O)N1CCOCCOCCN(C(=O)[C@H](Cc2ccccc2)N2C(=O)c3ccccc3C2=O)CCOCCOCC1. The number of benzene rings is 4. The number of hydrogen-bond donors (Lipinski definition) is 0. The van der Waals surface area contributed by atoms with E-state index in [4.69, 9.17) is 18.9 Å². The minimum absolute atomic E-state index is 0.135. The van der Waals surface area contributed by atoms with Gasteiger partial charge in [-0.15, -0.1) is 0 Å². The summed E-state index contributed by atoms with van der Waals surface area (Å²) in [5.74, 6) is -2.85. The lowest BCUT2D eigenvalue weighted by Crippen LogP contribution is -2.53. The van der Waals surface area contributed by atoms with E-state index in [2.05, 4.69) is 0 Å². The van der Waals surface area contributed by atoms with Crippen LogP contribution in [-0.2, 0) is 41.4 Å². The van der Waals surface area contributed by atoms with Crippen molar-refractivity contribution in [2.24, 2.45) is 0 Å². The Labute approximate surface area is 348 Å². The number of carbonyl (C=O) groups excluding carboxylic acids is 6. The molecule has 4 aromatic carbocycles. The number of fused-ring (bicyclic) bond motifs is 2. The molecule has 7 rings (SSSR count). The average Bonchev–Trinajstić information content (AvgIpc) is 3.68. The third kappa shape index (κ3) is 9.69. The van der Waals surface area contributed by atoms with Crippen LogP contribution in [0.5, 0.6) is 0 Å². The predicted molar refractivity (Wildman–Crippen MR) is 218 cm³/mol. The molecule has 0 unspecified atom stereocenters. The smallest absolute Gasteiger partial charge is 0.262 e. The zero-order valence-electron chi connectivity index (χ0n) is 33.3. The van der Waals surface area contributed by atoms with E-state index in [0.717, 1.165) is 20.9 Å². The molecule has 1 fully saturated rings. The van der Waals surface area contributed by atoms with Gasteiger partial charge in [-0.25, -0.2) is 0 Å². The number of hydrogen-bond acceptors (Lipinski definition) is 10. The van der Waals surface area contributed by atoms with Gasteiger partial charge in [0.15, 0.2) is 0 Å². The summed E-state index contributed by atoms with van der Waals surface area (Å²) in [6.45, 7) is 1.97. The fraction of sp³-hybridized carbons (Fsp3) is 0.348. The normalized spacial score (nSPS) is 18.4. The molecule has 312 valence electrons. The molecular formula is C46H48N4O10. The maximum atomic E-state index is 14.4. The lowest BCUT2D eigenvalue weighted by atomic mass is 10.0. The highest BCUT2D eigenvalue weighted by atomic mass is 16.5. The van der Waals surface area contributed by atoms with Crippen molar-refractivity contribution >= 4 is 35.4 Å². The van der Waals surface area contributed by atoms with Crippen LogP contribution in [-0.4, -0.2) is 146 Å². The van der Waals surface area contributed by atoms with E-state index in [9.17, 15) is 28.8 Å². The predicted octanol–water partition coefficient (Wildman–Crippen LogP) is 3.54. The Hall–Kier alpha value is -6.06. The Morgan fingerprint density at radius 3 is 0.950 bits per heavy atom. The van der Waals surface area contributed by atoms with Gasteiger partial charge in [0.05, 0.1) is 75.1 Å². The van der Waals surface area contributed by atoms with E-state index in [0.29, 0.717) is 0 Å². The average molecular weight is 817 g/mol. The number of nitrogens with zero attached hydrogens (tertiary/aromatic N) is 4. The Bertz CT molecular complexity index is 1920. The van der Waals surface area contributed by atoms with E-state index in [1.165, 1.54) is 0 Å². The van der Waals surface area contributed by atoms with Crippen LogP contribution >= 0.6 is 0 Å². The fourth-order valence-electron chi connectivity index (χ4n) is 7.66. The summed E-state index contributed by atoms with van der Waals surface area (Å²) in [7, 11) is 0. The minimum Gasteiger partial charge on any atom is -0.377 e. The van der Waals surface area contributed by atoms with E-state index in [-0.39, 0.29) is 114 Å². The van der Waals surface area contributed by atoms with Gasteiger partial charge in [-0.3, -0.25) is 38.6 Å². The van der Waals surface area contributed by atoms with Crippen LogP contribution in [0.4, 0.5) is 0 Å². The molecule has 14 heteroatoms. The molecule has 3 aliphatic rings. The summed E-state index contributed by atoms with van der Waals surface area (Å²) in [5, 5.41) is 0. The van der Waals surface area contributed by atoms with E-state index in [1.54, 1.807) is 58.3 Å². The zero-order valence-corrected chi connectivity index (χ0v) is 33.3. The van der Waals surface area contributed by atoms with Crippen molar-refractivity contribution in [3.8, 4) is 0 Å². The van der Waals surface area contributed by atoms with Gasteiger partial charge in [-0.1, -0.05) is 84.9 Å². The lowest BCUT2D eigenvalue weighted by Gasteiger charge is -2.32. The van der Waals surface area contributed by atoms with Crippen LogP contribution in [0.25, 0.3) is 0 Å². The summed E-state index contributed by atoms with van der Waals surface area (Å²) in [6, 6.07) is 29.5. The first-order valence-electron chi connectivity index (χ1n) is 20.2. The summed E-state index contributed by atoms with van der Waals surface area (Å²) < 4.78 is 23.5. The van der Waals surface area contributed by atoms with E-state index >= 15 is 0 Å². The number of amides is 6. The van der Waals surface area contributed by atoms with Gasteiger partial charge in [-0.05, 0) is 35.4 Å². The number of imide groups is 2. The maximum absolute atomic E-state index is 14.4. The van der Waals surface area contributed by atoms with Crippen molar-refractivity contribution in [2.75, 3.05) is 79.0 Å². The van der Waals surface area contributed by atoms with Crippen LogP contribution < -0.4 is 0 Å². The summed E-state index contributed by atoms with van der Waals surface area (Å²) in [6.07, 6.45) is 0.270. The van der Waals surface area contributed by atoms with Gasteiger partial charge >= 0.3 is 0 Å². The molecule has 0 radical (unpaired) electrons. The number of ether oxygens (including phenoxy) is 4. The van der Waals surface area contributed by atoms with E-state index in [1.807, 2.05) is 60.7 Å². The highest BCUT2D eigenvalue weighted by Gasteiger charge is 2.45. The molecule has 4 aromatic rings. The maximum Gasteiger partial charge on any atom is 0.262 e. The van der Waals surface area contributed by atoms with Crippen molar-refractivity contribution in [3.05, 3.63) is 143 Å². The van der Waals surface area contributed by atoms with Crippen molar-refractivity contribution in [3.63, 3.8) is 0 Å². The first kappa shape index (κ1) is 42.1. The van der Waals surface area contributed by atoms with Gasteiger partial charge in [0.1, 0.15) is 12.1 Å². The third-order valence-electron chi connectivity index (χ3n) is 10.8. The van der Waals surface area contributed by atoms with Crippen LogP contribution in [0.3, 0.4) is 0 Å². The fourth-order valence-corrected chi connectivity index (χ4v) is 7.66. The van der Waals surface area contributed by atoms with Gasteiger partial charge in [-0.2, -0.15) is 0 Å². The second-order valence-corrected chi connectivity index (χ2v) is 14.6. The molecule has 14 nitrogen and oxygen atoms in total. The van der Waals surface area contributed by atoms with Crippen LogP contribution in [0.2, 0.25) is 0 Å². The molecule has 0 spiro atoms. The quantitative estimate of drug-likeness (QED) is 0.242. The minimum atomic E-state index is -1.10. The first-order chi connectivity index (χ1) is 29.3. The van der Waals surface area contributed by atoms with Crippen molar-refractivity contribution in [2.45, 2.75) is 24.9 Å². The Morgan fingerprint density at radius 2 is 0.667 bits per heavy atom. The molecule has 1 saturated heterocycles. The number of rotatable bonds is 8. The first-order valence-corrected chi connectivity index (χ1v) is 20.2. The van der Waals surface area contributed by atoms with Crippen molar-refractivity contribution in [1.82, 2.24) is 19.6 Å². The molecule has 2 atom stereocenters. The van der Waals surface area contributed by atoms with Crippen molar-refractivity contribution < 1.29 is 47.7 Å². The van der Waals surface area contributed by atoms with Gasteiger partial charge < -0.3 is 28.7 Å². The molecule has 60 heavy (non-hydrogen) atoms. The highest BCUT2D eigenvalue weighted by molar-refractivity contribution is 6.23. The van der Waals surface area contributed by atoms with Gasteiger partial charge in [0.25, 0.3) is 23.6 Å². The Morgan fingerprint density at radius 1 is 0.400 bits per heavy atom. The zero-order chi connectivity index (χ0) is 41.8. The Balaban J connectivity index is 1.00. The summed E-state index contributed by atoms with van der Waals surface area (Å²) in [5.41, 5.74) is 2.66. The lowest BCUT2D eigenvalue weighted by molar-refractivity contribution is -0.138. The van der Waals surface area contributed by atoms with Crippen LogP contribution in [0.15, 0.2) is 109 Å². The molecular weight excluding hydrogens is 769 g/mol. The monoisotopic (exact) mass is 816 g/mol. The van der Waals surface area contributed by atoms with Gasteiger partial charge in [0, 0.05) is 39.0 Å². The summed E-state index contributed by atoms with van der Waals surface area (Å²) in [4.78, 5) is 88.6. The standard InChI is InChI=1S/C46H48N4O10/c51-41-35-15-7-8-16-36(35)42(52)49(41)39(31-33-11-3-1-4-12-33)45(55)47-19-23-57-27-29-59-25-21-48(22-26-60-30-28-58-24-20-47)46(56)40(32-34-13-5-2-6-14-34)50-43(53)37-17-9-10-18-38(37)44(50)54/h1-18,39-40H,19-32H2/t39-,40-/m0/s1. The molecule has 6 amide bonds. The topological polar surface area (TPSA) is 152 Å². The molecule has 0 saturated carbocycles. The van der Waals surface area contributed by atoms with Crippen molar-refractivity contribution in [1.29, 1.82) is 0 Å². The number of carbonyl (C=O) groups is 6. The molecule has 3 aliphatic heterocycles. The molecule has 3 heterocycles. The molecule has 0 bridgehead atoms. The molecule has 0 aromatic heterocycles. The Kier molecular flexibility index (Phi) is 14.2. The third-order valence-corrected chi connectivity index (χ3v) is 10.8. The molecule has 0 aliphatic carbocycles. The largest absolute Gasteiger partial charge is 0.377 e. The summed E-state index contributed by atoms with van der Waals surface area (Å²) >= 11 is 0. The van der Waals surface area contributed by atoms with E-state index < -0.39 is 47.5 Å².